The Balaban J connectivity index is 1.13. The summed E-state index contributed by atoms with van der Waals surface area (Å²) >= 11 is 4.68. The molecule has 16 heteroatoms. The van der Waals surface area contributed by atoms with Gasteiger partial charge in [-0.2, -0.15) is 13.2 Å². The molecule has 2 aromatic rings. The number of carbonyl (C=O) groups is 3. The highest BCUT2D eigenvalue weighted by atomic mass is 79.9. The van der Waals surface area contributed by atoms with Crippen LogP contribution in [-0.2, 0) is 23.9 Å². The maximum atomic E-state index is 14.0. The Bertz CT molecular complexity index is 1470. The minimum absolute atomic E-state index is 0.0468. The molecule has 5 heterocycles. The smallest absolute Gasteiger partial charge is 0.397 e. The van der Waals surface area contributed by atoms with E-state index in [1.165, 1.54) is 17.4 Å². The van der Waals surface area contributed by atoms with Gasteiger partial charge in [0.15, 0.2) is 0 Å². The Hall–Kier alpha value is -3.08. The zero-order chi connectivity index (χ0) is 33.3. The summed E-state index contributed by atoms with van der Waals surface area (Å²) in [4.78, 5) is 47.9. The third kappa shape index (κ3) is 7.65. The first-order valence-electron chi connectivity index (χ1n) is 16.0. The second kappa shape index (κ2) is 14.2. The van der Waals surface area contributed by atoms with Crippen molar-refractivity contribution in [2.75, 3.05) is 63.4 Å². The third-order valence-electron chi connectivity index (χ3n) is 9.75. The van der Waals surface area contributed by atoms with Gasteiger partial charge >= 0.3 is 18.2 Å². The molecular weight excluding hydrogens is 701 g/mol. The zero-order valence-corrected chi connectivity index (χ0v) is 28.4. The van der Waals surface area contributed by atoms with Crippen molar-refractivity contribution in [3.8, 4) is 0 Å². The summed E-state index contributed by atoms with van der Waals surface area (Å²) in [6.45, 7) is 6.06. The highest BCUT2D eigenvalue weighted by Gasteiger charge is 2.37. The van der Waals surface area contributed by atoms with Gasteiger partial charge in [-0.25, -0.2) is 9.59 Å². The molecule has 5 amide bonds. The summed E-state index contributed by atoms with van der Waals surface area (Å²) in [5.41, 5.74) is 6.45. The number of thiophene rings is 1. The number of hydrogen-bond acceptors (Lipinski definition) is 7. The lowest BCUT2D eigenvalue weighted by atomic mass is 9.98. The van der Waals surface area contributed by atoms with Crippen LogP contribution in [-0.4, -0.2) is 108 Å². The van der Waals surface area contributed by atoms with Gasteiger partial charge in [0.2, 0.25) is 5.91 Å². The fourth-order valence-corrected chi connectivity index (χ4v) is 8.38. The van der Waals surface area contributed by atoms with Crippen molar-refractivity contribution in [3.63, 3.8) is 0 Å². The van der Waals surface area contributed by atoms with E-state index < -0.39 is 29.5 Å². The summed E-state index contributed by atoms with van der Waals surface area (Å²) < 4.78 is 41.5. The summed E-state index contributed by atoms with van der Waals surface area (Å²) in [5, 5.41) is 13.1. The number of nitrogens with one attached hydrogen (secondary N) is 3. The van der Waals surface area contributed by atoms with Gasteiger partial charge < -0.3 is 36.4 Å². The van der Waals surface area contributed by atoms with E-state index in [2.05, 4.69) is 36.8 Å². The Labute approximate surface area is 284 Å². The molecule has 1 aromatic heterocycles. The van der Waals surface area contributed by atoms with Crippen molar-refractivity contribution >= 4 is 56.6 Å². The predicted octanol–water partition coefficient (Wildman–Crippen LogP) is 4.14. The Morgan fingerprint density at radius 3 is 2.34 bits per heavy atom. The van der Waals surface area contributed by atoms with Gasteiger partial charge in [0.1, 0.15) is 6.04 Å². The van der Waals surface area contributed by atoms with E-state index in [0.717, 1.165) is 56.3 Å². The highest BCUT2D eigenvalue weighted by Crippen LogP contribution is 2.38. The second-order valence-electron chi connectivity index (χ2n) is 12.7. The van der Waals surface area contributed by atoms with Crippen LogP contribution in [0.3, 0.4) is 0 Å². The number of carbonyl (C=O) groups excluding carboxylic acids is 3. The van der Waals surface area contributed by atoms with Crippen LogP contribution in [0, 0.1) is 0 Å². The van der Waals surface area contributed by atoms with Gasteiger partial charge in [0.25, 0.3) is 0 Å². The van der Waals surface area contributed by atoms with E-state index in [0.29, 0.717) is 51.6 Å². The highest BCUT2D eigenvalue weighted by molar-refractivity contribution is 9.10. The number of rotatable bonds is 6. The van der Waals surface area contributed by atoms with Crippen LogP contribution in [0.5, 0.6) is 0 Å². The number of hydrogen-bond donors (Lipinski definition) is 4. The number of anilines is 2. The monoisotopic (exact) mass is 740 g/mol. The molecule has 0 aliphatic carbocycles. The molecule has 0 bridgehead atoms. The lowest BCUT2D eigenvalue weighted by molar-refractivity contribution is -0.137. The Kier molecular flexibility index (Phi) is 10.2. The minimum atomic E-state index is -4.68. The number of nitrogens with zero attached hydrogens (tertiary/aromatic N) is 4. The summed E-state index contributed by atoms with van der Waals surface area (Å²) in [5.74, 6) is -0.315. The molecule has 0 radical (unpaired) electrons. The average Bonchev–Trinajstić information content (AvgIpc) is 3.52. The van der Waals surface area contributed by atoms with Crippen LogP contribution in [0.1, 0.15) is 42.4 Å². The van der Waals surface area contributed by atoms with Crippen LogP contribution < -0.4 is 21.7 Å². The number of piperidine rings is 2. The van der Waals surface area contributed by atoms with Crippen molar-refractivity contribution < 1.29 is 27.6 Å². The Morgan fingerprint density at radius 2 is 1.66 bits per heavy atom. The van der Waals surface area contributed by atoms with Gasteiger partial charge in [-0.3, -0.25) is 9.69 Å². The van der Waals surface area contributed by atoms with E-state index in [1.807, 2.05) is 10.8 Å². The number of fused-ring (bicyclic) bond motifs is 1. The van der Waals surface area contributed by atoms with Crippen molar-refractivity contribution in [1.29, 1.82) is 0 Å². The lowest BCUT2D eigenvalue weighted by Gasteiger charge is -2.42. The number of alkyl halides is 3. The molecular formula is C31H40BrF3N8O3S. The van der Waals surface area contributed by atoms with Crippen molar-refractivity contribution in [2.24, 2.45) is 0 Å². The molecule has 3 fully saturated rings. The molecule has 11 nitrogen and oxygen atoms in total. The number of halogens is 4. The average molecular weight is 742 g/mol. The van der Waals surface area contributed by atoms with E-state index >= 15 is 0 Å². The molecule has 0 unspecified atom stereocenters. The van der Waals surface area contributed by atoms with Crippen LogP contribution in [0.2, 0.25) is 0 Å². The number of nitrogens with two attached hydrogens (primary N) is 1. The van der Waals surface area contributed by atoms with Gasteiger partial charge in [-0.1, -0.05) is 0 Å². The largest absolute Gasteiger partial charge is 0.418 e. The quantitative estimate of drug-likeness (QED) is 0.330. The number of nitrogen functional groups attached to an aromatic ring is 1. The van der Waals surface area contributed by atoms with Crippen LogP contribution in [0.4, 0.5) is 34.1 Å². The molecule has 256 valence electrons. The third-order valence-corrected chi connectivity index (χ3v) is 11.2. The first-order valence-corrected chi connectivity index (χ1v) is 17.8. The fraction of sp³-hybridized carbons (Fsp3) is 0.581. The molecule has 47 heavy (non-hydrogen) atoms. The summed E-state index contributed by atoms with van der Waals surface area (Å²) in [7, 11) is 0. The Morgan fingerprint density at radius 1 is 1.00 bits per heavy atom. The molecule has 4 aliphatic rings. The van der Waals surface area contributed by atoms with E-state index in [9.17, 15) is 27.6 Å². The van der Waals surface area contributed by atoms with Gasteiger partial charge in [0.05, 0.1) is 23.5 Å². The zero-order valence-electron chi connectivity index (χ0n) is 26.0. The van der Waals surface area contributed by atoms with Crippen LogP contribution >= 0.6 is 27.3 Å². The molecule has 4 aliphatic heterocycles. The number of amides is 5. The van der Waals surface area contributed by atoms with Crippen LogP contribution in [0.25, 0.3) is 0 Å². The van der Waals surface area contributed by atoms with Gasteiger partial charge in [0, 0.05) is 86.3 Å². The number of likely N-dealkylation sites (tertiary alicyclic amines) is 2. The van der Waals surface area contributed by atoms with Crippen LogP contribution in [0.15, 0.2) is 27.4 Å². The summed E-state index contributed by atoms with van der Waals surface area (Å²) in [6.07, 6.45) is -2.09. The molecule has 0 saturated carbocycles. The number of benzene rings is 1. The number of urea groups is 2. The minimum Gasteiger partial charge on any atom is -0.397 e. The molecule has 1 aromatic carbocycles. The van der Waals surface area contributed by atoms with E-state index in [4.69, 9.17) is 5.73 Å². The van der Waals surface area contributed by atoms with Crippen molar-refractivity contribution in [2.45, 2.75) is 63.0 Å². The molecule has 1 atom stereocenters. The standard InChI is InChI=1S/C31H40BrF3N8O3S/c32-24-14-19(13-23(27(24)36)31(33,34)35)15-25(28(44)41-7-1-21(2-8-41)40-11-5-37-6-12-40)38-29(45)42-9-3-22(4-10-42)43-16-20-17-47-18-26(20)39-30(43)46/h13-14,17-18,21-22,25,37H,1-12,15-16,36H2,(H,38,45)(H,39,46)/t25-/m1/s1. The first kappa shape index (κ1) is 33.8. The van der Waals surface area contributed by atoms with Crippen molar-refractivity contribution in [3.05, 3.63) is 44.1 Å². The van der Waals surface area contributed by atoms with Gasteiger partial charge in [-0.15, -0.1) is 11.3 Å². The van der Waals surface area contributed by atoms with E-state index in [-0.39, 0.29) is 34.4 Å². The molecule has 0 spiro atoms. The molecule has 6 rings (SSSR count). The SMILES string of the molecule is Nc1c(Br)cc(C[C@@H](NC(=O)N2CCC(N3Cc4cscc4NC3=O)CC2)C(=O)N2CCC(N3CCNCC3)CC2)cc1C(F)(F)F. The number of piperazine rings is 1. The second-order valence-corrected chi connectivity index (χ2v) is 14.3. The maximum absolute atomic E-state index is 14.0. The topological polar surface area (TPSA) is 126 Å². The first-order chi connectivity index (χ1) is 22.5. The van der Waals surface area contributed by atoms with Crippen molar-refractivity contribution in [1.82, 2.24) is 30.2 Å². The van der Waals surface area contributed by atoms with E-state index in [1.54, 1.807) is 14.7 Å². The lowest BCUT2D eigenvalue weighted by Crippen LogP contribution is -2.58. The maximum Gasteiger partial charge on any atom is 0.418 e. The normalized spacial score (nSPS) is 20.9. The molecule has 3 saturated heterocycles. The molecule has 5 N–H and O–H groups in total. The summed E-state index contributed by atoms with van der Waals surface area (Å²) in [6, 6.07) is 1.07. The fourth-order valence-electron chi connectivity index (χ4n) is 7.09. The van der Waals surface area contributed by atoms with Gasteiger partial charge in [-0.05, 0) is 64.7 Å². The predicted molar refractivity (Wildman–Crippen MR) is 177 cm³/mol.